The van der Waals surface area contributed by atoms with Crippen LogP contribution in [0.15, 0.2) is 27.6 Å². The van der Waals surface area contributed by atoms with Crippen molar-refractivity contribution in [2.45, 2.75) is 23.8 Å². The summed E-state index contributed by atoms with van der Waals surface area (Å²) >= 11 is 7.55. The zero-order valence-electron chi connectivity index (χ0n) is 10.5. The standard InChI is InChI=1S/C13H15BrN2O2S/c1-16(7-12(17)15-8-2-3-8)13(18)10-6-9(19)4-5-11(10)14/h4-6,8,19H,2-3,7H2,1H3,(H,15,17). The summed E-state index contributed by atoms with van der Waals surface area (Å²) in [5.41, 5.74) is 0.509. The molecule has 1 saturated carbocycles. The quantitative estimate of drug-likeness (QED) is 0.823. The minimum atomic E-state index is -0.200. The number of amides is 2. The van der Waals surface area contributed by atoms with Gasteiger partial charge in [0.2, 0.25) is 5.91 Å². The highest BCUT2D eigenvalue weighted by molar-refractivity contribution is 9.10. The second-order valence-electron chi connectivity index (χ2n) is 4.67. The number of likely N-dealkylation sites (N-methyl/N-ethyl adjacent to an activating group) is 1. The summed E-state index contributed by atoms with van der Waals surface area (Å²) in [6, 6.07) is 5.56. The van der Waals surface area contributed by atoms with Gasteiger partial charge in [-0.1, -0.05) is 0 Å². The zero-order chi connectivity index (χ0) is 14.0. The lowest BCUT2D eigenvalue weighted by molar-refractivity contribution is -0.121. The average Bonchev–Trinajstić information content (AvgIpc) is 3.15. The van der Waals surface area contributed by atoms with E-state index in [1.54, 1.807) is 25.2 Å². The summed E-state index contributed by atoms with van der Waals surface area (Å²) in [6.07, 6.45) is 2.08. The van der Waals surface area contributed by atoms with Gasteiger partial charge in [0.15, 0.2) is 0 Å². The molecule has 4 nitrogen and oxygen atoms in total. The molecule has 2 rings (SSSR count). The van der Waals surface area contributed by atoms with E-state index in [0.29, 0.717) is 21.0 Å². The predicted molar refractivity (Wildman–Crippen MR) is 79.5 cm³/mol. The van der Waals surface area contributed by atoms with Gasteiger partial charge in [-0.05, 0) is 47.0 Å². The van der Waals surface area contributed by atoms with Crippen molar-refractivity contribution in [1.82, 2.24) is 10.2 Å². The van der Waals surface area contributed by atoms with Crippen LogP contribution in [0.2, 0.25) is 0 Å². The lowest BCUT2D eigenvalue weighted by Gasteiger charge is -2.17. The molecule has 0 spiro atoms. The Morgan fingerprint density at radius 2 is 2.16 bits per heavy atom. The Hall–Kier alpha value is -1.01. The number of thiol groups is 1. The third kappa shape index (κ3) is 3.98. The van der Waals surface area contributed by atoms with Gasteiger partial charge in [0.05, 0.1) is 12.1 Å². The number of nitrogens with one attached hydrogen (secondary N) is 1. The molecule has 19 heavy (non-hydrogen) atoms. The van der Waals surface area contributed by atoms with Gasteiger partial charge in [-0.15, -0.1) is 12.6 Å². The predicted octanol–water partition coefficient (Wildman–Crippen LogP) is 2.09. The molecule has 102 valence electrons. The maximum Gasteiger partial charge on any atom is 0.255 e. The fourth-order valence-corrected chi connectivity index (χ4v) is 2.29. The van der Waals surface area contributed by atoms with Crippen LogP contribution in [0.5, 0.6) is 0 Å². The van der Waals surface area contributed by atoms with Crippen molar-refractivity contribution >= 4 is 40.4 Å². The average molecular weight is 343 g/mol. The molecule has 0 aliphatic heterocycles. The molecule has 0 heterocycles. The lowest BCUT2D eigenvalue weighted by atomic mass is 10.2. The first-order valence-corrected chi connectivity index (χ1v) is 7.24. The van der Waals surface area contributed by atoms with E-state index < -0.39 is 0 Å². The Labute approximate surface area is 126 Å². The Balaban J connectivity index is 2.01. The Morgan fingerprint density at radius 1 is 1.47 bits per heavy atom. The van der Waals surface area contributed by atoms with Gasteiger partial charge >= 0.3 is 0 Å². The molecule has 0 saturated heterocycles. The summed E-state index contributed by atoms with van der Waals surface area (Å²) in [5, 5.41) is 2.86. The van der Waals surface area contributed by atoms with Gasteiger partial charge in [0.1, 0.15) is 0 Å². The smallest absolute Gasteiger partial charge is 0.255 e. The molecular formula is C13H15BrN2O2S. The van der Waals surface area contributed by atoms with Crippen LogP contribution in [0, 0.1) is 0 Å². The number of hydrogen-bond acceptors (Lipinski definition) is 3. The second kappa shape index (κ2) is 5.96. The van der Waals surface area contributed by atoms with Crippen LogP contribution in [-0.4, -0.2) is 36.3 Å². The normalized spacial score (nSPS) is 14.1. The van der Waals surface area contributed by atoms with Crippen LogP contribution < -0.4 is 5.32 Å². The van der Waals surface area contributed by atoms with Crippen LogP contribution >= 0.6 is 28.6 Å². The first kappa shape index (κ1) is 14.4. The highest BCUT2D eigenvalue weighted by atomic mass is 79.9. The van der Waals surface area contributed by atoms with Crippen LogP contribution in [0.4, 0.5) is 0 Å². The van der Waals surface area contributed by atoms with Crippen molar-refractivity contribution < 1.29 is 9.59 Å². The molecule has 1 fully saturated rings. The van der Waals surface area contributed by atoms with Gasteiger partial charge in [-0.3, -0.25) is 9.59 Å². The molecule has 1 aromatic rings. The van der Waals surface area contributed by atoms with Gasteiger partial charge < -0.3 is 10.2 Å². The topological polar surface area (TPSA) is 49.4 Å². The van der Waals surface area contributed by atoms with E-state index in [4.69, 9.17) is 0 Å². The van der Waals surface area contributed by atoms with Gasteiger partial charge in [-0.2, -0.15) is 0 Å². The fraction of sp³-hybridized carbons (Fsp3) is 0.385. The molecule has 0 radical (unpaired) electrons. The first-order valence-electron chi connectivity index (χ1n) is 6.00. The molecule has 2 amide bonds. The maximum absolute atomic E-state index is 12.2. The SMILES string of the molecule is CN(CC(=O)NC1CC1)C(=O)c1cc(S)ccc1Br. The summed E-state index contributed by atoms with van der Waals surface area (Å²) in [4.78, 5) is 26.0. The minimum Gasteiger partial charge on any atom is -0.352 e. The molecule has 1 aliphatic rings. The zero-order valence-corrected chi connectivity index (χ0v) is 13.0. The van der Waals surface area contributed by atoms with Crippen LogP contribution in [0.1, 0.15) is 23.2 Å². The highest BCUT2D eigenvalue weighted by Gasteiger charge is 2.24. The third-order valence-corrected chi connectivity index (χ3v) is 3.82. The Morgan fingerprint density at radius 3 is 2.79 bits per heavy atom. The third-order valence-electron chi connectivity index (χ3n) is 2.85. The summed E-state index contributed by atoms with van der Waals surface area (Å²) in [7, 11) is 1.62. The van der Waals surface area contributed by atoms with Crippen molar-refractivity contribution in [1.29, 1.82) is 0 Å². The molecule has 0 atom stereocenters. The molecule has 0 unspecified atom stereocenters. The van der Waals surface area contributed by atoms with E-state index in [1.165, 1.54) is 4.90 Å². The van der Waals surface area contributed by atoms with Crippen molar-refractivity contribution in [3.05, 3.63) is 28.2 Å². The highest BCUT2D eigenvalue weighted by Crippen LogP contribution is 2.22. The van der Waals surface area contributed by atoms with Gasteiger partial charge in [-0.25, -0.2) is 0 Å². The molecule has 0 aromatic heterocycles. The van der Waals surface area contributed by atoms with Crippen molar-refractivity contribution in [3.63, 3.8) is 0 Å². The van der Waals surface area contributed by atoms with E-state index in [1.807, 2.05) is 0 Å². The number of hydrogen-bond donors (Lipinski definition) is 2. The van der Waals surface area contributed by atoms with Crippen molar-refractivity contribution in [2.75, 3.05) is 13.6 Å². The van der Waals surface area contributed by atoms with E-state index in [-0.39, 0.29) is 18.4 Å². The number of nitrogens with zero attached hydrogens (tertiary/aromatic N) is 1. The Bertz CT molecular complexity index is 517. The molecule has 1 aliphatic carbocycles. The van der Waals surface area contributed by atoms with E-state index in [9.17, 15) is 9.59 Å². The number of rotatable bonds is 4. The maximum atomic E-state index is 12.2. The van der Waals surface area contributed by atoms with Gasteiger partial charge in [0.25, 0.3) is 5.91 Å². The number of benzene rings is 1. The molecule has 6 heteroatoms. The van der Waals surface area contributed by atoms with Crippen LogP contribution in [-0.2, 0) is 4.79 Å². The van der Waals surface area contributed by atoms with Gasteiger partial charge in [0, 0.05) is 22.5 Å². The first-order chi connectivity index (χ1) is 8.97. The lowest BCUT2D eigenvalue weighted by Crippen LogP contribution is -2.39. The molecule has 1 N–H and O–H groups in total. The number of halogens is 1. The van der Waals surface area contributed by atoms with E-state index >= 15 is 0 Å². The molecular weight excluding hydrogens is 328 g/mol. The largest absolute Gasteiger partial charge is 0.352 e. The van der Waals surface area contributed by atoms with E-state index in [2.05, 4.69) is 33.9 Å². The summed E-state index contributed by atoms with van der Waals surface area (Å²) in [5.74, 6) is -0.315. The Kier molecular flexibility index (Phi) is 4.52. The summed E-state index contributed by atoms with van der Waals surface area (Å²) in [6.45, 7) is 0.0680. The monoisotopic (exact) mass is 342 g/mol. The fourth-order valence-electron chi connectivity index (χ4n) is 1.67. The number of carbonyl (C=O) groups is 2. The molecule has 0 bridgehead atoms. The summed E-state index contributed by atoms with van der Waals surface area (Å²) < 4.78 is 0.699. The van der Waals surface area contributed by atoms with Crippen LogP contribution in [0.25, 0.3) is 0 Å². The minimum absolute atomic E-state index is 0.0680. The molecule has 1 aromatic carbocycles. The second-order valence-corrected chi connectivity index (χ2v) is 6.04. The van der Waals surface area contributed by atoms with E-state index in [0.717, 1.165) is 12.8 Å². The van der Waals surface area contributed by atoms with Crippen molar-refractivity contribution in [3.8, 4) is 0 Å². The van der Waals surface area contributed by atoms with Crippen molar-refractivity contribution in [2.24, 2.45) is 0 Å². The number of carbonyl (C=O) groups excluding carboxylic acids is 2. The van der Waals surface area contributed by atoms with Crippen LogP contribution in [0.3, 0.4) is 0 Å².